The smallest absolute Gasteiger partial charge is 0.182 e. The van der Waals surface area contributed by atoms with Crippen LogP contribution in [0.25, 0.3) is 16.7 Å². The van der Waals surface area contributed by atoms with E-state index < -0.39 is 0 Å². The summed E-state index contributed by atoms with van der Waals surface area (Å²) in [5.41, 5.74) is 3.02. The summed E-state index contributed by atoms with van der Waals surface area (Å²) < 4.78 is 9.77. The lowest BCUT2D eigenvalue weighted by Crippen LogP contribution is -2.05. The van der Waals surface area contributed by atoms with Crippen molar-refractivity contribution in [3.8, 4) is 11.4 Å². The Morgan fingerprint density at radius 1 is 1.14 bits per heavy atom. The predicted octanol–water partition coefficient (Wildman–Crippen LogP) is 5.08. The Bertz CT molecular complexity index is 834. The van der Waals surface area contributed by atoms with Crippen molar-refractivity contribution >= 4 is 45.8 Å². The van der Waals surface area contributed by atoms with Crippen molar-refractivity contribution < 1.29 is 4.74 Å². The molecule has 0 aliphatic carbocycles. The molecule has 0 saturated carbocycles. The Hall–Kier alpha value is -1.34. The van der Waals surface area contributed by atoms with Gasteiger partial charge in [0.2, 0.25) is 0 Å². The number of H-pyrrole nitrogens is 1. The van der Waals surface area contributed by atoms with Gasteiger partial charge >= 0.3 is 0 Å². The number of ether oxygens (including phenoxy) is 1. The number of hydrogen-bond donors (Lipinski definition) is 1. The molecular formula is C16H15IN2OS. The molecule has 0 aliphatic rings. The second-order valence-corrected chi connectivity index (χ2v) is 6.69. The first-order valence-corrected chi connectivity index (χ1v) is 8.21. The molecule has 0 bridgehead atoms. The number of rotatable bonds is 3. The van der Waals surface area contributed by atoms with Crippen LogP contribution in [0.15, 0.2) is 42.5 Å². The molecule has 3 rings (SSSR count). The lowest BCUT2D eigenvalue weighted by Gasteiger charge is -2.10. The lowest BCUT2D eigenvalue weighted by molar-refractivity contribution is 0.245. The zero-order chi connectivity index (χ0) is 15.0. The van der Waals surface area contributed by atoms with Crippen molar-refractivity contribution in [2.45, 2.75) is 20.0 Å². The van der Waals surface area contributed by atoms with Crippen LogP contribution in [-0.4, -0.2) is 15.7 Å². The zero-order valence-electron chi connectivity index (χ0n) is 11.8. The van der Waals surface area contributed by atoms with Gasteiger partial charge in [0.05, 0.1) is 11.6 Å². The zero-order valence-corrected chi connectivity index (χ0v) is 14.7. The third kappa shape index (κ3) is 2.85. The van der Waals surface area contributed by atoms with Crippen molar-refractivity contribution in [1.29, 1.82) is 0 Å². The van der Waals surface area contributed by atoms with Crippen LogP contribution in [0.3, 0.4) is 0 Å². The average Bonchev–Trinajstić information content (AvgIpc) is 2.77. The molecule has 5 heteroatoms. The van der Waals surface area contributed by atoms with E-state index >= 15 is 0 Å². The van der Waals surface area contributed by atoms with E-state index in [2.05, 4.69) is 51.8 Å². The Balaban J connectivity index is 2.22. The Kier molecular flexibility index (Phi) is 4.03. The Labute approximate surface area is 142 Å². The van der Waals surface area contributed by atoms with E-state index in [9.17, 15) is 0 Å². The fourth-order valence-electron chi connectivity index (χ4n) is 2.30. The van der Waals surface area contributed by atoms with Crippen molar-refractivity contribution in [3.05, 3.63) is 50.8 Å². The van der Waals surface area contributed by atoms with E-state index in [1.54, 1.807) is 0 Å². The van der Waals surface area contributed by atoms with Gasteiger partial charge in [0.25, 0.3) is 0 Å². The first kappa shape index (κ1) is 14.6. The van der Waals surface area contributed by atoms with Gasteiger partial charge in [-0.3, -0.25) is 4.57 Å². The van der Waals surface area contributed by atoms with E-state index in [4.69, 9.17) is 17.0 Å². The molecule has 0 saturated heterocycles. The van der Waals surface area contributed by atoms with Crippen molar-refractivity contribution in [2.75, 3.05) is 0 Å². The van der Waals surface area contributed by atoms with Crippen LogP contribution in [0.2, 0.25) is 0 Å². The maximum Gasteiger partial charge on any atom is 0.182 e. The number of aromatic nitrogens is 2. The third-order valence-corrected chi connectivity index (χ3v) is 4.13. The summed E-state index contributed by atoms with van der Waals surface area (Å²) in [5.74, 6) is 0.831. The number of benzene rings is 2. The van der Waals surface area contributed by atoms with E-state index in [-0.39, 0.29) is 6.10 Å². The third-order valence-electron chi connectivity index (χ3n) is 3.13. The predicted molar refractivity (Wildman–Crippen MR) is 96.9 cm³/mol. The van der Waals surface area contributed by atoms with Crippen LogP contribution in [0, 0.1) is 8.34 Å². The minimum atomic E-state index is 0.124. The fourth-order valence-corrected chi connectivity index (χ4v) is 2.97. The van der Waals surface area contributed by atoms with Gasteiger partial charge in [0.15, 0.2) is 4.77 Å². The van der Waals surface area contributed by atoms with E-state index in [1.165, 1.54) is 3.57 Å². The Morgan fingerprint density at radius 2 is 1.86 bits per heavy atom. The molecule has 108 valence electrons. The topological polar surface area (TPSA) is 29.9 Å². The maximum atomic E-state index is 5.86. The van der Waals surface area contributed by atoms with Crippen LogP contribution in [0.1, 0.15) is 13.8 Å². The fraction of sp³-hybridized carbons (Fsp3) is 0.188. The first-order chi connectivity index (χ1) is 10.1. The van der Waals surface area contributed by atoms with Gasteiger partial charge in [-0.15, -0.1) is 0 Å². The largest absolute Gasteiger partial charge is 0.489 e. The van der Waals surface area contributed by atoms with Crippen molar-refractivity contribution in [1.82, 2.24) is 9.55 Å². The number of halogens is 1. The molecule has 1 N–H and O–H groups in total. The maximum absolute atomic E-state index is 5.86. The van der Waals surface area contributed by atoms with E-state index in [0.29, 0.717) is 4.77 Å². The number of fused-ring (bicyclic) bond motifs is 1. The van der Waals surface area contributed by atoms with Crippen LogP contribution >= 0.6 is 34.8 Å². The summed E-state index contributed by atoms with van der Waals surface area (Å²) in [7, 11) is 0. The second-order valence-electron chi connectivity index (χ2n) is 5.06. The van der Waals surface area contributed by atoms with E-state index in [0.717, 1.165) is 22.5 Å². The molecule has 0 spiro atoms. The van der Waals surface area contributed by atoms with Gasteiger partial charge in [-0.25, -0.2) is 0 Å². The van der Waals surface area contributed by atoms with Gasteiger partial charge < -0.3 is 9.72 Å². The summed E-state index contributed by atoms with van der Waals surface area (Å²) in [6.07, 6.45) is 0.124. The van der Waals surface area contributed by atoms with Crippen LogP contribution in [-0.2, 0) is 0 Å². The van der Waals surface area contributed by atoms with Gasteiger partial charge in [0.1, 0.15) is 11.3 Å². The van der Waals surface area contributed by atoms with Gasteiger partial charge in [-0.05, 0) is 85.1 Å². The monoisotopic (exact) mass is 410 g/mol. The molecule has 1 heterocycles. The number of aromatic amines is 1. The summed E-state index contributed by atoms with van der Waals surface area (Å²) in [6.45, 7) is 4.03. The quantitative estimate of drug-likeness (QED) is 0.482. The molecule has 0 fully saturated rings. The number of nitrogens with zero attached hydrogens (tertiary/aromatic N) is 1. The highest BCUT2D eigenvalue weighted by molar-refractivity contribution is 14.1. The highest BCUT2D eigenvalue weighted by Crippen LogP contribution is 2.28. The minimum Gasteiger partial charge on any atom is -0.489 e. The summed E-state index contributed by atoms with van der Waals surface area (Å²) >= 11 is 7.79. The number of hydrogen-bond acceptors (Lipinski definition) is 2. The van der Waals surface area contributed by atoms with Crippen molar-refractivity contribution in [3.63, 3.8) is 0 Å². The standard InChI is InChI=1S/C16H15IN2OS/c1-10(2)20-14-5-3-4-13-15(14)18-16(21)19(13)12-8-6-11(17)7-9-12/h3-10H,1-2H3,(H,18,21). The number of nitrogens with one attached hydrogen (secondary N) is 1. The van der Waals surface area contributed by atoms with Gasteiger partial charge in [-0.2, -0.15) is 0 Å². The molecule has 2 aromatic carbocycles. The highest BCUT2D eigenvalue weighted by atomic mass is 127. The minimum absolute atomic E-state index is 0.124. The molecule has 3 aromatic rings. The summed E-state index contributed by atoms with van der Waals surface area (Å²) in [6, 6.07) is 14.3. The molecule has 0 radical (unpaired) electrons. The van der Waals surface area contributed by atoms with Crippen LogP contribution in [0.5, 0.6) is 5.75 Å². The molecule has 1 aromatic heterocycles. The normalized spacial score (nSPS) is 11.2. The number of imidazole rings is 1. The van der Waals surface area contributed by atoms with Crippen LogP contribution in [0.4, 0.5) is 0 Å². The van der Waals surface area contributed by atoms with Gasteiger partial charge in [-0.1, -0.05) is 6.07 Å². The highest BCUT2D eigenvalue weighted by Gasteiger charge is 2.11. The molecule has 0 atom stereocenters. The van der Waals surface area contributed by atoms with Crippen molar-refractivity contribution in [2.24, 2.45) is 0 Å². The summed E-state index contributed by atoms with van der Waals surface area (Å²) in [4.78, 5) is 3.27. The van der Waals surface area contributed by atoms with E-state index in [1.807, 2.05) is 36.6 Å². The average molecular weight is 410 g/mol. The summed E-state index contributed by atoms with van der Waals surface area (Å²) in [5, 5.41) is 0. The lowest BCUT2D eigenvalue weighted by atomic mass is 10.2. The van der Waals surface area contributed by atoms with Gasteiger partial charge in [0, 0.05) is 9.26 Å². The van der Waals surface area contributed by atoms with Crippen LogP contribution < -0.4 is 4.74 Å². The molecular weight excluding hydrogens is 395 g/mol. The second kappa shape index (κ2) is 5.81. The molecule has 0 unspecified atom stereocenters. The first-order valence-electron chi connectivity index (χ1n) is 6.72. The molecule has 0 amide bonds. The molecule has 3 nitrogen and oxygen atoms in total. The number of para-hydroxylation sites is 1. The Morgan fingerprint density at radius 3 is 2.52 bits per heavy atom. The molecule has 21 heavy (non-hydrogen) atoms. The SMILES string of the molecule is CC(C)Oc1cccc2c1[nH]c(=S)n2-c1ccc(I)cc1. The molecule has 0 aliphatic heterocycles.